The van der Waals surface area contributed by atoms with Crippen molar-refractivity contribution in [1.82, 2.24) is 4.90 Å². The predicted octanol–water partition coefficient (Wildman–Crippen LogP) is 4.83. The number of anilines is 4. The maximum atomic E-state index is 15.4. The number of nitrogens with one attached hydrogen (secondary N) is 3. The molecule has 0 radical (unpaired) electrons. The molecule has 0 saturated carbocycles. The predicted molar refractivity (Wildman–Crippen MR) is 150 cm³/mol. The molecule has 0 bridgehead atoms. The lowest BCUT2D eigenvalue weighted by Gasteiger charge is -2.39. The molecule has 1 saturated heterocycles. The average Bonchev–Trinajstić information content (AvgIpc) is 2.93. The molecule has 216 valence electrons. The molecule has 0 aliphatic carbocycles. The van der Waals surface area contributed by atoms with E-state index in [2.05, 4.69) is 10.6 Å². The first-order valence-corrected chi connectivity index (χ1v) is 12.6. The Morgan fingerprint density at radius 3 is 2.40 bits per heavy atom. The van der Waals surface area contributed by atoms with Gasteiger partial charge in [0.25, 0.3) is 5.91 Å². The fourth-order valence-electron chi connectivity index (χ4n) is 4.85. The van der Waals surface area contributed by atoms with Crippen molar-refractivity contribution in [3.63, 3.8) is 0 Å². The van der Waals surface area contributed by atoms with Crippen LogP contribution in [0.5, 0.6) is 5.75 Å². The molecular weight excluding hydrogens is 553 g/mol. The van der Waals surface area contributed by atoms with Gasteiger partial charge in [0, 0.05) is 25.2 Å². The number of amidine groups is 1. The van der Waals surface area contributed by atoms with E-state index in [-0.39, 0.29) is 29.5 Å². The molecule has 3 aromatic rings. The summed E-state index contributed by atoms with van der Waals surface area (Å²) in [4.78, 5) is 42.1. The van der Waals surface area contributed by atoms with Crippen molar-refractivity contribution < 1.29 is 32.3 Å². The van der Waals surface area contributed by atoms with Crippen LogP contribution in [0.2, 0.25) is 0 Å². The smallest absolute Gasteiger partial charge is 0.337 e. The van der Waals surface area contributed by atoms with E-state index in [0.29, 0.717) is 26.9 Å². The highest BCUT2D eigenvalue weighted by Crippen LogP contribution is 2.37. The first kappa shape index (κ1) is 28.2. The molecule has 0 spiro atoms. The quantitative estimate of drug-likeness (QED) is 0.374. The van der Waals surface area contributed by atoms with Crippen molar-refractivity contribution in [2.45, 2.75) is 13.5 Å². The minimum absolute atomic E-state index is 0.0322. The molecule has 10 nitrogen and oxygen atoms in total. The van der Waals surface area contributed by atoms with E-state index in [4.69, 9.17) is 10.1 Å². The number of fused-ring (bicyclic) bond motifs is 1. The standard InChI is InChI=1S/C29H25F3N6O4/c1-15(39)34-16-10-11-20-23(12-16)36(2)14-21(35-20)25-27(33)37(13-17-18(30)6-4-7-19(17)31)29(41)38(28(25)40)22-8-5-9-24(42-3)26(22)32/h4-12,33,35H,13-14H2,1-3H3,(H,34,39)/b25-21+,33-27?. The maximum absolute atomic E-state index is 15.4. The number of carbonyl (C=O) groups excluding carboxylic acids is 3. The van der Waals surface area contributed by atoms with Gasteiger partial charge in [-0.15, -0.1) is 0 Å². The van der Waals surface area contributed by atoms with Crippen LogP contribution in [0.3, 0.4) is 0 Å². The van der Waals surface area contributed by atoms with Crippen molar-refractivity contribution in [2.75, 3.05) is 41.1 Å². The summed E-state index contributed by atoms with van der Waals surface area (Å²) in [5.41, 5.74) is 0.629. The number of nitrogens with zero attached hydrogens (tertiary/aromatic N) is 3. The van der Waals surface area contributed by atoms with E-state index in [9.17, 15) is 23.2 Å². The van der Waals surface area contributed by atoms with E-state index >= 15 is 4.39 Å². The minimum atomic E-state index is -1.17. The van der Waals surface area contributed by atoms with E-state index in [1.54, 1.807) is 30.1 Å². The van der Waals surface area contributed by atoms with E-state index in [1.807, 2.05) is 0 Å². The minimum Gasteiger partial charge on any atom is -0.494 e. The van der Waals surface area contributed by atoms with Crippen molar-refractivity contribution >= 4 is 46.4 Å². The monoisotopic (exact) mass is 578 g/mol. The summed E-state index contributed by atoms with van der Waals surface area (Å²) in [6.45, 7) is 0.667. The van der Waals surface area contributed by atoms with Gasteiger partial charge < -0.3 is 20.3 Å². The van der Waals surface area contributed by atoms with Crippen molar-refractivity contribution in [3.05, 3.63) is 88.9 Å². The molecule has 1 fully saturated rings. The van der Waals surface area contributed by atoms with Crippen LogP contribution in [-0.4, -0.2) is 49.3 Å². The molecular formula is C29H25F3N6O4. The highest BCUT2D eigenvalue weighted by molar-refractivity contribution is 6.38. The molecule has 3 N–H and O–H groups in total. The fourth-order valence-corrected chi connectivity index (χ4v) is 4.85. The highest BCUT2D eigenvalue weighted by atomic mass is 19.1. The SMILES string of the molecule is COc1cccc(N2C(=O)/C(=C3\CN(C)c4cc(NC(C)=O)ccc4N3)C(=N)N(Cc3c(F)cccc3F)C2=O)c1F. The summed E-state index contributed by atoms with van der Waals surface area (Å²) in [7, 11) is 2.93. The van der Waals surface area contributed by atoms with Crippen LogP contribution in [0, 0.1) is 22.9 Å². The zero-order valence-corrected chi connectivity index (χ0v) is 22.7. The number of ether oxygens (including phenoxy) is 1. The molecule has 4 amide bonds. The molecule has 5 rings (SSSR count). The van der Waals surface area contributed by atoms with Gasteiger partial charge in [-0.05, 0) is 42.5 Å². The van der Waals surface area contributed by atoms with Crippen molar-refractivity contribution in [3.8, 4) is 5.75 Å². The number of methoxy groups -OCH3 is 1. The van der Waals surface area contributed by atoms with Crippen LogP contribution in [0.4, 0.5) is 40.7 Å². The summed E-state index contributed by atoms with van der Waals surface area (Å²) in [6.07, 6.45) is 0. The van der Waals surface area contributed by atoms with Crippen LogP contribution in [-0.2, 0) is 16.1 Å². The Morgan fingerprint density at radius 2 is 1.74 bits per heavy atom. The molecule has 0 unspecified atom stereocenters. The number of amides is 4. The Labute approximate surface area is 238 Å². The second-order valence-electron chi connectivity index (χ2n) is 9.60. The third kappa shape index (κ3) is 4.89. The van der Waals surface area contributed by atoms with Crippen LogP contribution in [0.1, 0.15) is 12.5 Å². The Morgan fingerprint density at radius 1 is 1.05 bits per heavy atom. The van der Waals surface area contributed by atoms with Crippen molar-refractivity contribution in [1.29, 1.82) is 5.41 Å². The number of carbonyl (C=O) groups is 3. The van der Waals surface area contributed by atoms with Crippen LogP contribution < -0.4 is 25.2 Å². The van der Waals surface area contributed by atoms with Crippen molar-refractivity contribution in [2.24, 2.45) is 0 Å². The van der Waals surface area contributed by atoms with Gasteiger partial charge in [0.15, 0.2) is 11.6 Å². The topological polar surface area (TPSA) is 118 Å². The largest absolute Gasteiger partial charge is 0.494 e. The Hall–Kier alpha value is -5.33. The lowest BCUT2D eigenvalue weighted by atomic mass is 10.0. The Bertz CT molecular complexity index is 1670. The first-order valence-electron chi connectivity index (χ1n) is 12.6. The second kappa shape index (κ2) is 10.9. The van der Waals surface area contributed by atoms with E-state index < -0.39 is 53.0 Å². The number of urea groups is 1. The van der Waals surface area contributed by atoms with Gasteiger partial charge in [-0.25, -0.2) is 22.9 Å². The molecule has 0 aromatic heterocycles. The number of halogens is 3. The Balaban J connectivity index is 1.64. The van der Waals surface area contributed by atoms with Gasteiger partial charge in [-0.3, -0.25) is 19.9 Å². The van der Waals surface area contributed by atoms with E-state index in [1.165, 1.54) is 32.2 Å². The number of benzene rings is 3. The molecule has 42 heavy (non-hydrogen) atoms. The van der Waals surface area contributed by atoms with Gasteiger partial charge in [0.2, 0.25) is 5.91 Å². The fraction of sp³-hybridized carbons (Fsp3) is 0.172. The molecule has 2 aliphatic heterocycles. The zero-order chi connectivity index (χ0) is 30.3. The third-order valence-corrected chi connectivity index (χ3v) is 6.84. The summed E-state index contributed by atoms with van der Waals surface area (Å²) in [5.74, 6) is -5.07. The number of imide groups is 1. The Kier molecular flexibility index (Phi) is 7.33. The van der Waals surface area contributed by atoms with Gasteiger partial charge >= 0.3 is 6.03 Å². The summed E-state index contributed by atoms with van der Waals surface area (Å²) in [6, 6.07) is 10.9. The number of rotatable bonds is 5. The summed E-state index contributed by atoms with van der Waals surface area (Å²) >= 11 is 0. The number of hydrogen-bond donors (Lipinski definition) is 3. The second-order valence-corrected chi connectivity index (χ2v) is 9.60. The molecule has 13 heteroatoms. The van der Waals surface area contributed by atoms with Gasteiger partial charge in [-0.2, -0.15) is 0 Å². The first-order chi connectivity index (χ1) is 20.0. The number of likely N-dealkylation sites (N-methyl/N-ethyl adjacent to an activating group) is 1. The average molecular weight is 579 g/mol. The third-order valence-electron chi connectivity index (χ3n) is 6.84. The van der Waals surface area contributed by atoms with Gasteiger partial charge in [-0.1, -0.05) is 12.1 Å². The lowest BCUT2D eigenvalue weighted by Crippen LogP contribution is -2.57. The van der Waals surface area contributed by atoms with Crippen LogP contribution >= 0.6 is 0 Å². The van der Waals surface area contributed by atoms with Gasteiger partial charge in [0.05, 0.1) is 43.0 Å². The molecule has 2 heterocycles. The van der Waals surface area contributed by atoms with Crippen LogP contribution in [0.25, 0.3) is 0 Å². The van der Waals surface area contributed by atoms with Crippen LogP contribution in [0.15, 0.2) is 65.9 Å². The number of hydrogen-bond acceptors (Lipinski definition) is 7. The normalized spacial score (nSPS) is 16.8. The van der Waals surface area contributed by atoms with E-state index in [0.717, 1.165) is 18.2 Å². The molecule has 3 aromatic carbocycles. The summed E-state index contributed by atoms with van der Waals surface area (Å²) < 4.78 is 49.7. The molecule has 0 atom stereocenters. The lowest BCUT2D eigenvalue weighted by molar-refractivity contribution is -0.115. The maximum Gasteiger partial charge on any atom is 0.337 e. The zero-order valence-electron chi connectivity index (χ0n) is 22.7. The molecule has 2 aliphatic rings. The van der Waals surface area contributed by atoms with Gasteiger partial charge in [0.1, 0.15) is 23.0 Å². The highest BCUT2D eigenvalue weighted by Gasteiger charge is 2.44. The summed E-state index contributed by atoms with van der Waals surface area (Å²) in [5, 5.41) is 14.7.